The second-order valence-corrected chi connectivity index (χ2v) is 3.71. The van der Waals surface area contributed by atoms with E-state index in [2.05, 4.69) is 5.32 Å². The van der Waals surface area contributed by atoms with Crippen LogP contribution in [0.1, 0.15) is 25.3 Å². The third kappa shape index (κ3) is 5.36. The van der Waals surface area contributed by atoms with Crippen molar-refractivity contribution in [3.63, 3.8) is 0 Å². The second-order valence-electron chi connectivity index (χ2n) is 3.71. The Balaban J connectivity index is 2.22. The number of hydrogen-bond acceptors (Lipinski definition) is 3. The van der Waals surface area contributed by atoms with Gasteiger partial charge in [0.15, 0.2) is 0 Å². The summed E-state index contributed by atoms with van der Waals surface area (Å²) in [5.41, 5.74) is 0.727. The number of ether oxygens (including phenoxy) is 1. The SMILES string of the molecule is CCOCCCC(=O)NCc1ccccc1O. The van der Waals surface area contributed by atoms with Crippen LogP contribution in [0.15, 0.2) is 24.3 Å². The number of phenols is 1. The summed E-state index contributed by atoms with van der Waals surface area (Å²) >= 11 is 0. The van der Waals surface area contributed by atoms with Crippen molar-refractivity contribution in [2.75, 3.05) is 13.2 Å². The monoisotopic (exact) mass is 237 g/mol. The molecule has 2 N–H and O–H groups in total. The molecule has 1 aromatic carbocycles. The molecule has 0 aliphatic heterocycles. The highest BCUT2D eigenvalue weighted by Gasteiger charge is 2.03. The zero-order chi connectivity index (χ0) is 12.5. The highest BCUT2D eigenvalue weighted by molar-refractivity contribution is 5.75. The Kier molecular flexibility index (Phi) is 6.10. The molecular weight excluding hydrogens is 218 g/mol. The van der Waals surface area contributed by atoms with Crippen LogP contribution in [0.5, 0.6) is 5.75 Å². The van der Waals surface area contributed by atoms with E-state index in [1.54, 1.807) is 18.2 Å². The number of amides is 1. The van der Waals surface area contributed by atoms with Gasteiger partial charge >= 0.3 is 0 Å². The maximum absolute atomic E-state index is 11.4. The molecule has 0 saturated heterocycles. The van der Waals surface area contributed by atoms with Gasteiger partial charge in [-0.25, -0.2) is 0 Å². The van der Waals surface area contributed by atoms with Crippen molar-refractivity contribution >= 4 is 5.91 Å². The minimum Gasteiger partial charge on any atom is -0.508 e. The molecule has 94 valence electrons. The van der Waals surface area contributed by atoms with Gasteiger partial charge in [-0.2, -0.15) is 0 Å². The van der Waals surface area contributed by atoms with Gasteiger partial charge in [0.05, 0.1) is 0 Å². The smallest absolute Gasteiger partial charge is 0.220 e. The van der Waals surface area contributed by atoms with Crippen molar-refractivity contribution in [2.45, 2.75) is 26.3 Å². The number of aromatic hydroxyl groups is 1. The fourth-order valence-corrected chi connectivity index (χ4v) is 1.42. The van der Waals surface area contributed by atoms with Crippen LogP contribution in [0.25, 0.3) is 0 Å². The molecule has 1 amide bonds. The number of carbonyl (C=O) groups is 1. The highest BCUT2D eigenvalue weighted by atomic mass is 16.5. The molecule has 0 unspecified atom stereocenters. The van der Waals surface area contributed by atoms with E-state index in [4.69, 9.17) is 4.74 Å². The summed E-state index contributed by atoms with van der Waals surface area (Å²) in [5.74, 6) is 0.190. The average molecular weight is 237 g/mol. The Labute approximate surface area is 102 Å². The zero-order valence-electron chi connectivity index (χ0n) is 10.1. The molecule has 4 heteroatoms. The lowest BCUT2D eigenvalue weighted by Gasteiger charge is -2.06. The molecule has 0 heterocycles. The summed E-state index contributed by atoms with van der Waals surface area (Å²) in [6.45, 7) is 3.58. The van der Waals surface area contributed by atoms with Gasteiger partial charge in [0.25, 0.3) is 0 Å². The summed E-state index contributed by atoms with van der Waals surface area (Å²) in [7, 11) is 0. The maximum Gasteiger partial charge on any atom is 0.220 e. The number of nitrogens with one attached hydrogen (secondary N) is 1. The summed E-state index contributed by atoms with van der Waals surface area (Å²) in [4.78, 5) is 11.4. The van der Waals surface area contributed by atoms with E-state index in [9.17, 15) is 9.90 Å². The van der Waals surface area contributed by atoms with Gasteiger partial charge in [0.2, 0.25) is 5.91 Å². The van der Waals surface area contributed by atoms with Crippen LogP contribution in [0.2, 0.25) is 0 Å². The second kappa shape index (κ2) is 7.68. The molecule has 0 radical (unpaired) electrons. The molecule has 0 saturated carbocycles. The molecule has 0 aromatic heterocycles. The number of rotatable bonds is 7. The van der Waals surface area contributed by atoms with Crippen molar-refractivity contribution in [3.05, 3.63) is 29.8 Å². The fourth-order valence-electron chi connectivity index (χ4n) is 1.42. The van der Waals surface area contributed by atoms with Gasteiger partial charge in [0, 0.05) is 31.7 Å². The van der Waals surface area contributed by atoms with Crippen molar-refractivity contribution < 1.29 is 14.6 Å². The first-order valence-corrected chi connectivity index (χ1v) is 5.85. The molecule has 0 aliphatic rings. The predicted molar refractivity (Wildman–Crippen MR) is 65.7 cm³/mol. The molecule has 17 heavy (non-hydrogen) atoms. The van der Waals surface area contributed by atoms with Crippen LogP contribution in [0.4, 0.5) is 0 Å². The van der Waals surface area contributed by atoms with Gasteiger partial charge in [-0.05, 0) is 19.4 Å². The molecule has 0 fully saturated rings. The standard InChI is InChI=1S/C13H19NO3/c1-2-17-9-5-8-13(16)14-10-11-6-3-4-7-12(11)15/h3-4,6-7,15H,2,5,8-10H2,1H3,(H,14,16). The number of para-hydroxylation sites is 1. The quantitative estimate of drug-likeness (QED) is 0.711. The van der Waals surface area contributed by atoms with E-state index in [0.717, 1.165) is 12.0 Å². The van der Waals surface area contributed by atoms with E-state index in [0.29, 0.717) is 26.2 Å². The first kappa shape index (κ1) is 13.5. The van der Waals surface area contributed by atoms with E-state index >= 15 is 0 Å². The van der Waals surface area contributed by atoms with Crippen LogP contribution >= 0.6 is 0 Å². The molecule has 1 aromatic rings. The first-order valence-electron chi connectivity index (χ1n) is 5.85. The van der Waals surface area contributed by atoms with E-state index in [-0.39, 0.29) is 11.7 Å². The van der Waals surface area contributed by atoms with Crippen LogP contribution in [-0.4, -0.2) is 24.2 Å². The Hall–Kier alpha value is -1.55. The normalized spacial score (nSPS) is 10.2. The van der Waals surface area contributed by atoms with Crippen LogP contribution in [0.3, 0.4) is 0 Å². The summed E-state index contributed by atoms with van der Waals surface area (Å²) < 4.78 is 5.15. The summed E-state index contributed by atoms with van der Waals surface area (Å²) in [6, 6.07) is 6.98. The van der Waals surface area contributed by atoms with Crippen molar-refractivity contribution in [1.82, 2.24) is 5.32 Å². The molecular formula is C13H19NO3. The third-order valence-electron chi connectivity index (χ3n) is 2.36. The molecule has 0 atom stereocenters. The Morgan fingerprint density at radius 3 is 2.88 bits per heavy atom. The van der Waals surface area contributed by atoms with Crippen molar-refractivity contribution in [2.24, 2.45) is 0 Å². The number of benzene rings is 1. The van der Waals surface area contributed by atoms with Crippen LogP contribution < -0.4 is 5.32 Å². The minimum atomic E-state index is -0.0204. The van der Waals surface area contributed by atoms with Gasteiger partial charge in [-0.15, -0.1) is 0 Å². The molecule has 4 nitrogen and oxygen atoms in total. The third-order valence-corrected chi connectivity index (χ3v) is 2.36. The number of carbonyl (C=O) groups excluding carboxylic acids is 1. The lowest BCUT2D eigenvalue weighted by molar-refractivity contribution is -0.121. The summed E-state index contributed by atoms with van der Waals surface area (Å²) in [5, 5.41) is 12.3. The van der Waals surface area contributed by atoms with E-state index in [1.165, 1.54) is 0 Å². The van der Waals surface area contributed by atoms with E-state index < -0.39 is 0 Å². The lowest BCUT2D eigenvalue weighted by Crippen LogP contribution is -2.22. The van der Waals surface area contributed by atoms with Crippen molar-refractivity contribution in [3.8, 4) is 5.75 Å². The topological polar surface area (TPSA) is 58.6 Å². The molecule has 0 aliphatic carbocycles. The zero-order valence-corrected chi connectivity index (χ0v) is 10.1. The van der Waals surface area contributed by atoms with Crippen LogP contribution in [-0.2, 0) is 16.1 Å². The fraction of sp³-hybridized carbons (Fsp3) is 0.462. The van der Waals surface area contributed by atoms with Gasteiger partial charge < -0.3 is 15.2 Å². The average Bonchev–Trinajstić information content (AvgIpc) is 2.34. The Morgan fingerprint density at radius 2 is 2.18 bits per heavy atom. The van der Waals surface area contributed by atoms with Gasteiger partial charge in [-0.3, -0.25) is 4.79 Å². The lowest BCUT2D eigenvalue weighted by atomic mass is 10.2. The number of hydrogen-bond donors (Lipinski definition) is 2. The minimum absolute atomic E-state index is 0.0204. The first-order chi connectivity index (χ1) is 8.24. The number of phenolic OH excluding ortho intramolecular Hbond substituents is 1. The van der Waals surface area contributed by atoms with Gasteiger partial charge in [0.1, 0.15) is 5.75 Å². The molecule has 0 bridgehead atoms. The summed E-state index contributed by atoms with van der Waals surface area (Å²) in [6.07, 6.45) is 1.17. The predicted octanol–water partition coefficient (Wildman–Crippen LogP) is 1.83. The Bertz CT molecular complexity index is 352. The van der Waals surface area contributed by atoms with E-state index in [1.807, 2.05) is 13.0 Å². The van der Waals surface area contributed by atoms with Crippen LogP contribution in [0, 0.1) is 0 Å². The largest absolute Gasteiger partial charge is 0.508 e. The Morgan fingerprint density at radius 1 is 1.41 bits per heavy atom. The maximum atomic E-state index is 11.4. The highest BCUT2D eigenvalue weighted by Crippen LogP contribution is 2.14. The molecule has 1 rings (SSSR count). The van der Waals surface area contributed by atoms with Gasteiger partial charge in [-0.1, -0.05) is 18.2 Å². The molecule has 0 spiro atoms. The van der Waals surface area contributed by atoms with Crippen molar-refractivity contribution in [1.29, 1.82) is 0 Å².